The van der Waals surface area contributed by atoms with Crippen LogP contribution in [-0.4, -0.2) is 63.5 Å². The second-order valence-electron chi connectivity index (χ2n) is 11.5. The van der Waals surface area contributed by atoms with E-state index in [0.717, 1.165) is 22.0 Å². The predicted molar refractivity (Wildman–Crippen MR) is 155 cm³/mol. The maximum atomic E-state index is 14.6. The zero-order valence-corrected chi connectivity index (χ0v) is 23.7. The summed E-state index contributed by atoms with van der Waals surface area (Å²) >= 11 is 0. The summed E-state index contributed by atoms with van der Waals surface area (Å²) in [6.07, 6.45) is 6.47. The van der Waals surface area contributed by atoms with Crippen LogP contribution in [0.25, 0.3) is 5.65 Å². The van der Waals surface area contributed by atoms with E-state index in [9.17, 15) is 23.9 Å². The third-order valence-electron chi connectivity index (χ3n) is 9.18. The molecule has 2 aromatic heterocycles. The minimum Gasteiger partial charge on any atom is -0.483 e. The number of hydrogen-bond acceptors (Lipinski definition) is 7. The van der Waals surface area contributed by atoms with Gasteiger partial charge in [0.1, 0.15) is 29.6 Å². The fraction of sp³-hybridized carbons (Fsp3) is 0.400. The molecule has 3 fully saturated rings. The van der Waals surface area contributed by atoms with E-state index < -0.39 is 29.0 Å². The maximum absolute atomic E-state index is 14.6. The van der Waals surface area contributed by atoms with Crippen molar-refractivity contribution in [1.29, 1.82) is 0 Å². The summed E-state index contributed by atoms with van der Waals surface area (Å²) in [5.74, 6) is -1.27. The molecule has 0 spiro atoms. The van der Waals surface area contributed by atoms with E-state index in [4.69, 9.17) is 4.74 Å². The molecule has 0 unspecified atom stereocenters. The number of hydrogen-bond donors (Lipinski definition) is 3. The molecule has 3 aromatic rings. The van der Waals surface area contributed by atoms with Crippen LogP contribution >= 0.6 is 0 Å². The van der Waals surface area contributed by atoms with Crippen LogP contribution in [0.5, 0.6) is 5.75 Å². The first-order valence-electron chi connectivity index (χ1n) is 14.1. The molecule has 3 N–H and O–H groups in total. The Kier molecular flexibility index (Phi) is 7.10. The number of amidine groups is 1. The van der Waals surface area contributed by atoms with Gasteiger partial charge in [0.2, 0.25) is 0 Å². The zero-order chi connectivity index (χ0) is 30.4. The number of rotatable bonds is 8. The number of benzene rings is 1. The number of carbonyl (C=O) groups excluding carboxylic acids is 2. The van der Waals surface area contributed by atoms with Crippen LogP contribution < -0.4 is 20.3 Å². The van der Waals surface area contributed by atoms with Crippen LogP contribution in [0.2, 0.25) is 0 Å². The fourth-order valence-corrected chi connectivity index (χ4v) is 6.40. The van der Waals surface area contributed by atoms with Crippen LogP contribution in [0.1, 0.15) is 65.1 Å². The number of carboxylic acid groups (broad SMARTS) is 1. The second-order valence-corrected chi connectivity index (χ2v) is 11.5. The quantitative estimate of drug-likeness (QED) is 0.362. The van der Waals surface area contributed by atoms with E-state index in [2.05, 4.69) is 32.3 Å². The predicted octanol–water partition coefficient (Wildman–Crippen LogP) is 3.32. The minimum atomic E-state index is -0.764. The van der Waals surface area contributed by atoms with Crippen molar-refractivity contribution in [1.82, 2.24) is 25.2 Å². The molecule has 12 nitrogen and oxygen atoms in total. The first-order valence-corrected chi connectivity index (χ1v) is 14.1. The average Bonchev–Trinajstić information content (AvgIpc) is 3.42. The Morgan fingerprint density at radius 2 is 1.88 bits per heavy atom. The van der Waals surface area contributed by atoms with Crippen LogP contribution in [0, 0.1) is 16.6 Å². The van der Waals surface area contributed by atoms with Crippen molar-refractivity contribution in [2.24, 2.45) is 15.8 Å². The molecule has 2 bridgehead atoms. The molecule has 0 radical (unpaired) electrons. The first-order chi connectivity index (χ1) is 20.7. The van der Waals surface area contributed by atoms with Crippen molar-refractivity contribution in [3.05, 3.63) is 66.0 Å². The summed E-state index contributed by atoms with van der Waals surface area (Å²) in [5, 5.41) is 19.3. The lowest BCUT2D eigenvalue weighted by atomic mass is 9.53. The Morgan fingerprint density at radius 3 is 2.56 bits per heavy atom. The molecule has 2 amide bonds. The molecule has 43 heavy (non-hydrogen) atoms. The van der Waals surface area contributed by atoms with Gasteiger partial charge in [0, 0.05) is 32.4 Å². The van der Waals surface area contributed by atoms with Crippen LogP contribution in [0.3, 0.4) is 0 Å². The summed E-state index contributed by atoms with van der Waals surface area (Å²) in [7, 11) is 1.67. The number of aromatic nitrogens is 3. The van der Waals surface area contributed by atoms with E-state index in [0.29, 0.717) is 63.3 Å². The summed E-state index contributed by atoms with van der Waals surface area (Å²) in [6.45, 7) is 4.65. The minimum absolute atomic E-state index is 0.0270. The molecule has 1 aromatic carbocycles. The van der Waals surface area contributed by atoms with Crippen molar-refractivity contribution in [2.45, 2.75) is 45.1 Å². The molecule has 0 atom stereocenters. The molecule has 13 heteroatoms. The standard InChI is InChI=1S/C30H32FN7O5/c1-3-37-21-12-18(4-5-23(21)43-16-24(37)32-2)14-33-26(39)20-13-22(38-25(36-20)19(31)15-35-38)27(40)34-17-29-6-9-30(10-7-29,11-8-29)28(41)42/h3-5,12-13,15H,1,6-11,14,16-17H2,2H3,(H,33,39)(H,34,40)(H,41,42). The molecule has 3 aliphatic carbocycles. The van der Waals surface area contributed by atoms with Gasteiger partial charge in [-0.3, -0.25) is 24.3 Å². The molecule has 4 aliphatic rings. The first kappa shape index (κ1) is 28.3. The van der Waals surface area contributed by atoms with Crippen molar-refractivity contribution >= 4 is 35.0 Å². The average molecular weight is 590 g/mol. The van der Waals surface area contributed by atoms with Gasteiger partial charge in [0.25, 0.3) is 11.8 Å². The molecule has 3 heterocycles. The number of nitrogens with zero attached hydrogens (tertiary/aromatic N) is 5. The lowest BCUT2D eigenvalue weighted by Crippen LogP contribution is -2.50. The number of amides is 2. The number of carboxylic acids is 1. The number of nitrogens with one attached hydrogen (secondary N) is 2. The van der Waals surface area contributed by atoms with Crippen molar-refractivity contribution < 1.29 is 28.6 Å². The SMILES string of the molecule is C=CN1C(=NC)COc2ccc(CNC(=O)c3cc(C(=O)NCC45CCC(C(=O)O)(CC4)CC5)n4ncc(F)c4n3)cc21. The largest absolute Gasteiger partial charge is 0.483 e. The maximum Gasteiger partial charge on any atom is 0.309 e. The van der Waals surface area contributed by atoms with Crippen molar-refractivity contribution in [3.8, 4) is 5.75 Å². The van der Waals surface area contributed by atoms with Gasteiger partial charge >= 0.3 is 5.97 Å². The lowest BCUT2D eigenvalue weighted by molar-refractivity contribution is -0.158. The van der Waals surface area contributed by atoms with Crippen LogP contribution in [0.4, 0.5) is 10.1 Å². The molecule has 1 aliphatic heterocycles. The van der Waals surface area contributed by atoms with Gasteiger partial charge in [0.15, 0.2) is 11.5 Å². The molecular weight excluding hydrogens is 557 g/mol. The number of aliphatic carboxylic acids is 1. The molecule has 7 rings (SSSR count). The molecule has 3 saturated carbocycles. The third-order valence-corrected chi connectivity index (χ3v) is 9.18. The molecule has 0 saturated heterocycles. The summed E-state index contributed by atoms with van der Waals surface area (Å²) in [6, 6.07) is 6.76. The number of fused-ring (bicyclic) bond motifs is 5. The fourth-order valence-electron chi connectivity index (χ4n) is 6.40. The highest BCUT2D eigenvalue weighted by Gasteiger charge is 2.52. The molecule has 224 valence electrons. The van der Waals surface area contributed by atoms with Gasteiger partial charge < -0.3 is 20.5 Å². The summed E-state index contributed by atoms with van der Waals surface area (Å²) in [4.78, 5) is 48.5. The summed E-state index contributed by atoms with van der Waals surface area (Å²) in [5.41, 5.74) is 0.267. The highest BCUT2D eigenvalue weighted by molar-refractivity contribution is 6.03. The van der Waals surface area contributed by atoms with E-state index in [1.54, 1.807) is 19.3 Å². The number of carbonyl (C=O) groups is 3. The number of ether oxygens (including phenoxy) is 1. The topological polar surface area (TPSA) is 151 Å². The number of halogens is 1. The van der Waals surface area contributed by atoms with Crippen LogP contribution in [-0.2, 0) is 11.3 Å². The van der Waals surface area contributed by atoms with E-state index in [-0.39, 0.29) is 29.0 Å². The smallest absolute Gasteiger partial charge is 0.309 e. The van der Waals surface area contributed by atoms with Gasteiger partial charge in [-0.2, -0.15) is 5.10 Å². The summed E-state index contributed by atoms with van der Waals surface area (Å²) < 4.78 is 21.4. The Balaban J connectivity index is 1.18. The van der Waals surface area contributed by atoms with Gasteiger partial charge in [0.05, 0.1) is 17.3 Å². The van der Waals surface area contributed by atoms with Crippen molar-refractivity contribution in [3.63, 3.8) is 0 Å². The normalized spacial score (nSPS) is 23.5. The monoisotopic (exact) mass is 589 g/mol. The lowest BCUT2D eigenvalue weighted by Gasteiger charge is -2.51. The van der Waals surface area contributed by atoms with Gasteiger partial charge in [-0.15, -0.1) is 0 Å². The highest BCUT2D eigenvalue weighted by atomic mass is 19.1. The van der Waals surface area contributed by atoms with Gasteiger partial charge in [-0.1, -0.05) is 12.6 Å². The van der Waals surface area contributed by atoms with E-state index in [1.165, 1.54) is 6.07 Å². The van der Waals surface area contributed by atoms with Crippen molar-refractivity contribution in [2.75, 3.05) is 25.1 Å². The van der Waals surface area contributed by atoms with E-state index >= 15 is 0 Å². The van der Waals surface area contributed by atoms with Gasteiger partial charge in [-0.25, -0.2) is 13.9 Å². The second kappa shape index (κ2) is 10.8. The number of aliphatic imine (C=N–C) groups is 1. The highest BCUT2D eigenvalue weighted by Crippen LogP contribution is 2.56. The molecular formula is C30H32FN7O5. The van der Waals surface area contributed by atoms with Crippen LogP contribution in [0.15, 0.2) is 48.2 Å². The van der Waals surface area contributed by atoms with Gasteiger partial charge in [-0.05, 0) is 61.6 Å². The third kappa shape index (κ3) is 4.98. The van der Waals surface area contributed by atoms with E-state index in [1.807, 2.05) is 17.0 Å². The Bertz CT molecular complexity index is 1660. The number of anilines is 1. The Hall–Kier alpha value is -4.81. The Morgan fingerprint density at radius 1 is 1.14 bits per heavy atom. The zero-order valence-electron chi connectivity index (χ0n) is 23.7. The Labute approximate surface area is 246 Å².